The SMILES string of the molecule is O=C(O)COC(C(=O)O)C(OCCCCCOc1ccc2ocnc2c1)C(=O)NCCCCCc1ccc2ccccc2c1. The van der Waals surface area contributed by atoms with Crippen LogP contribution in [0.25, 0.3) is 21.9 Å². The minimum absolute atomic E-state index is 0.0922. The van der Waals surface area contributed by atoms with Gasteiger partial charge in [0.25, 0.3) is 5.91 Å². The van der Waals surface area contributed by atoms with Crippen LogP contribution in [0.4, 0.5) is 0 Å². The fraction of sp³-hybridized carbons (Fsp3) is 0.394. The summed E-state index contributed by atoms with van der Waals surface area (Å²) in [4.78, 5) is 39.9. The first kappa shape index (κ1) is 32.4. The third-order valence-corrected chi connectivity index (χ3v) is 7.08. The molecule has 11 heteroatoms. The van der Waals surface area contributed by atoms with Gasteiger partial charge in [-0.25, -0.2) is 14.6 Å². The Morgan fingerprint density at radius 2 is 1.61 bits per heavy atom. The standard InChI is InChI=1S/C33H38N2O9/c36-29(37)21-43-31(33(39)40)30(42-18-8-2-7-17-41-26-14-15-28-27(20-26)35-22-44-28)32(38)34-16-6-1-3-9-23-12-13-24-10-4-5-11-25(24)19-23/h4-5,10-15,19-20,22,30-31H,1-3,6-9,16-18,21H2,(H,34,38)(H,36,37)(H,39,40). The molecule has 0 fully saturated rings. The minimum Gasteiger partial charge on any atom is -0.494 e. The van der Waals surface area contributed by atoms with Gasteiger partial charge in [0.05, 0.1) is 6.61 Å². The lowest BCUT2D eigenvalue weighted by molar-refractivity contribution is -0.172. The zero-order chi connectivity index (χ0) is 31.1. The first-order valence-electron chi connectivity index (χ1n) is 14.8. The number of hydrogen-bond acceptors (Lipinski definition) is 8. The van der Waals surface area contributed by atoms with E-state index in [4.69, 9.17) is 23.7 Å². The lowest BCUT2D eigenvalue weighted by atomic mass is 10.0. The van der Waals surface area contributed by atoms with Crippen molar-refractivity contribution in [2.75, 3.05) is 26.4 Å². The molecule has 234 valence electrons. The van der Waals surface area contributed by atoms with Crippen molar-refractivity contribution in [2.24, 2.45) is 0 Å². The van der Waals surface area contributed by atoms with Gasteiger partial charge in [-0.3, -0.25) is 4.79 Å². The monoisotopic (exact) mass is 606 g/mol. The topological polar surface area (TPSA) is 157 Å². The van der Waals surface area contributed by atoms with E-state index in [1.807, 2.05) is 12.1 Å². The first-order valence-corrected chi connectivity index (χ1v) is 14.8. The van der Waals surface area contributed by atoms with Crippen LogP contribution in [0.3, 0.4) is 0 Å². The maximum Gasteiger partial charge on any atom is 0.336 e. The Labute approximate surface area is 255 Å². The summed E-state index contributed by atoms with van der Waals surface area (Å²) in [5.74, 6) is -2.79. The number of carboxylic acid groups (broad SMARTS) is 2. The van der Waals surface area contributed by atoms with Crippen LogP contribution in [0.5, 0.6) is 5.75 Å². The fourth-order valence-electron chi connectivity index (χ4n) is 4.80. The number of nitrogens with zero attached hydrogens (tertiary/aromatic N) is 1. The first-order chi connectivity index (χ1) is 21.4. The van der Waals surface area contributed by atoms with Gasteiger partial charge >= 0.3 is 11.9 Å². The lowest BCUT2D eigenvalue weighted by Crippen LogP contribution is -2.49. The number of aryl methyl sites for hydroxylation is 1. The van der Waals surface area contributed by atoms with Crippen molar-refractivity contribution in [3.05, 3.63) is 72.6 Å². The Morgan fingerprint density at radius 3 is 2.43 bits per heavy atom. The zero-order valence-corrected chi connectivity index (χ0v) is 24.5. The molecule has 3 aromatic carbocycles. The van der Waals surface area contributed by atoms with Gasteiger partial charge < -0.3 is 34.2 Å². The van der Waals surface area contributed by atoms with Crippen molar-refractivity contribution in [1.29, 1.82) is 0 Å². The third kappa shape index (κ3) is 10.1. The summed E-state index contributed by atoms with van der Waals surface area (Å²) in [7, 11) is 0. The number of oxazole rings is 1. The number of nitrogens with one attached hydrogen (secondary N) is 1. The van der Waals surface area contributed by atoms with E-state index in [1.165, 1.54) is 22.7 Å². The van der Waals surface area contributed by atoms with Crippen LogP contribution in [0, 0.1) is 0 Å². The number of hydrogen-bond donors (Lipinski definition) is 3. The van der Waals surface area contributed by atoms with Gasteiger partial charge in [0.15, 0.2) is 24.2 Å². The quantitative estimate of drug-likeness (QED) is 0.117. The molecule has 4 aromatic rings. The molecule has 1 heterocycles. The molecule has 44 heavy (non-hydrogen) atoms. The number of benzene rings is 3. The Hall–Kier alpha value is -4.48. The molecule has 0 aliphatic heterocycles. The van der Waals surface area contributed by atoms with Crippen LogP contribution in [0.15, 0.2) is 71.5 Å². The molecular weight excluding hydrogens is 568 g/mol. The number of carbonyl (C=O) groups is 3. The molecule has 0 bridgehead atoms. The van der Waals surface area contributed by atoms with E-state index in [-0.39, 0.29) is 6.61 Å². The summed E-state index contributed by atoms with van der Waals surface area (Å²) in [5.41, 5.74) is 2.64. The normalized spacial score (nSPS) is 12.6. The Morgan fingerprint density at radius 1 is 0.818 bits per heavy atom. The fourth-order valence-corrected chi connectivity index (χ4v) is 4.80. The van der Waals surface area contributed by atoms with Crippen LogP contribution >= 0.6 is 0 Å². The molecule has 0 radical (unpaired) electrons. The number of aliphatic carboxylic acids is 2. The predicted octanol–water partition coefficient (Wildman–Crippen LogP) is 5.00. The van der Waals surface area contributed by atoms with Crippen molar-refractivity contribution in [1.82, 2.24) is 10.3 Å². The molecule has 1 amide bonds. The van der Waals surface area contributed by atoms with Crippen molar-refractivity contribution in [2.45, 2.75) is 57.2 Å². The number of ether oxygens (including phenoxy) is 3. The van der Waals surface area contributed by atoms with E-state index in [9.17, 15) is 19.5 Å². The molecule has 2 atom stereocenters. The largest absolute Gasteiger partial charge is 0.494 e. The summed E-state index contributed by atoms with van der Waals surface area (Å²) in [6.45, 7) is 0.0120. The van der Waals surface area contributed by atoms with Crippen LogP contribution in [-0.2, 0) is 30.3 Å². The van der Waals surface area contributed by atoms with Crippen molar-refractivity contribution in [3.8, 4) is 5.75 Å². The van der Waals surface area contributed by atoms with E-state index < -0.39 is 36.7 Å². The second-order valence-corrected chi connectivity index (χ2v) is 10.4. The smallest absolute Gasteiger partial charge is 0.336 e. The minimum atomic E-state index is -1.76. The van der Waals surface area contributed by atoms with Crippen molar-refractivity contribution < 1.29 is 43.2 Å². The van der Waals surface area contributed by atoms with Gasteiger partial charge in [-0.05, 0) is 67.0 Å². The number of aromatic nitrogens is 1. The van der Waals surface area contributed by atoms with Crippen LogP contribution in [0.2, 0.25) is 0 Å². The van der Waals surface area contributed by atoms with Gasteiger partial charge in [-0.2, -0.15) is 0 Å². The van der Waals surface area contributed by atoms with Gasteiger partial charge in [0.2, 0.25) is 0 Å². The van der Waals surface area contributed by atoms with Gasteiger partial charge in [0, 0.05) is 19.2 Å². The summed E-state index contributed by atoms with van der Waals surface area (Å²) < 4.78 is 21.7. The average molecular weight is 607 g/mol. The molecule has 4 rings (SSSR count). The number of fused-ring (bicyclic) bond motifs is 2. The highest BCUT2D eigenvalue weighted by molar-refractivity contribution is 5.88. The molecule has 3 N–H and O–H groups in total. The molecule has 11 nitrogen and oxygen atoms in total. The van der Waals surface area contributed by atoms with E-state index in [2.05, 4.69) is 40.6 Å². The zero-order valence-electron chi connectivity index (χ0n) is 24.5. The second-order valence-electron chi connectivity index (χ2n) is 10.4. The van der Waals surface area contributed by atoms with Crippen molar-refractivity contribution in [3.63, 3.8) is 0 Å². The Kier molecular flexibility index (Phi) is 12.5. The molecule has 0 aliphatic rings. The second kappa shape index (κ2) is 17.0. The molecule has 0 saturated heterocycles. The van der Waals surface area contributed by atoms with Crippen LogP contribution in [-0.4, -0.2) is 71.6 Å². The summed E-state index contributed by atoms with van der Waals surface area (Å²) in [5, 5.41) is 23.8. The summed E-state index contributed by atoms with van der Waals surface area (Å²) in [6.07, 6.45) is 3.48. The van der Waals surface area contributed by atoms with Gasteiger partial charge in [-0.1, -0.05) is 48.9 Å². The number of carbonyl (C=O) groups excluding carboxylic acids is 1. The number of carboxylic acids is 2. The van der Waals surface area contributed by atoms with Gasteiger partial charge in [0.1, 0.15) is 17.9 Å². The van der Waals surface area contributed by atoms with Crippen LogP contribution in [0.1, 0.15) is 44.1 Å². The number of unbranched alkanes of at least 4 members (excludes halogenated alkanes) is 4. The number of rotatable bonds is 20. The molecule has 0 spiro atoms. The van der Waals surface area contributed by atoms with E-state index in [0.717, 1.165) is 19.3 Å². The Bertz CT molecular complexity index is 1520. The average Bonchev–Trinajstić information content (AvgIpc) is 3.49. The Balaban J connectivity index is 1.18. The van der Waals surface area contributed by atoms with Crippen LogP contribution < -0.4 is 10.1 Å². The maximum atomic E-state index is 13.0. The highest BCUT2D eigenvalue weighted by atomic mass is 16.6. The summed E-state index contributed by atoms with van der Waals surface area (Å²) >= 11 is 0. The van der Waals surface area contributed by atoms with E-state index in [1.54, 1.807) is 18.2 Å². The molecule has 2 unspecified atom stereocenters. The van der Waals surface area contributed by atoms with Gasteiger partial charge in [-0.15, -0.1) is 0 Å². The molecule has 0 saturated carbocycles. The number of amides is 1. The molecule has 0 aliphatic carbocycles. The highest BCUT2D eigenvalue weighted by Crippen LogP contribution is 2.20. The summed E-state index contributed by atoms with van der Waals surface area (Å²) in [6, 6.07) is 20.0. The molecular formula is C33H38N2O9. The van der Waals surface area contributed by atoms with Crippen molar-refractivity contribution >= 4 is 39.7 Å². The predicted molar refractivity (Wildman–Crippen MR) is 163 cm³/mol. The third-order valence-electron chi connectivity index (χ3n) is 7.08. The highest BCUT2D eigenvalue weighted by Gasteiger charge is 2.36. The molecule has 1 aromatic heterocycles. The van der Waals surface area contributed by atoms with E-state index >= 15 is 0 Å². The maximum absolute atomic E-state index is 13.0. The lowest BCUT2D eigenvalue weighted by Gasteiger charge is -2.23. The van der Waals surface area contributed by atoms with E-state index in [0.29, 0.717) is 55.7 Å².